The summed E-state index contributed by atoms with van der Waals surface area (Å²) in [6.45, 7) is 0. The molecule has 4 nitrogen and oxygen atoms in total. The van der Waals surface area contributed by atoms with Gasteiger partial charge >= 0.3 is 0 Å². The molecule has 0 fully saturated rings. The third-order valence-corrected chi connectivity index (χ3v) is 4.28. The normalized spacial score (nSPS) is 10.2. The number of pyridine rings is 1. The summed E-state index contributed by atoms with van der Waals surface area (Å²) in [6, 6.07) is 14.9. The molecule has 0 atom stereocenters. The summed E-state index contributed by atoms with van der Waals surface area (Å²) in [5.41, 5.74) is 1.80. The van der Waals surface area contributed by atoms with Gasteiger partial charge in [-0.15, -0.1) is 11.3 Å². The Balaban J connectivity index is 1.74. The van der Waals surface area contributed by atoms with Gasteiger partial charge in [0, 0.05) is 23.0 Å². The number of nitrogens with one attached hydrogen (secondary N) is 1. The fourth-order valence-electron chi connectivity index (χ4n) is 2.00. The van der Waals surface area contributed by atoms with Crippen molar-refractivity contribution in [2.24, 2.45) is 0 Å². The second-order valence-corrected chi connectivity index (χ2v) is 5.67. The van der Waals surface area contributed by atoms with Gasteiger partial charge in [-0.3, -0.25) is 9.78 Å². The van der Waals surface area contributed by atoms with E-state index in [1.54, 1.807) is 19.5 Å². The van der Waals surface area contributed by atoms with E-state index < -0.39 is 0 Å². The summed E-state index contributed by atoms with van der Waals surface area (Å²) in [5, 5.41) is 2.88. The predicted molar refractivity (Wildman–Crippen MR) is 88.5 cm³/mol. The topological polar surface area (TPSA) is 51.2 Å². The van der Waals surface area contributed by atoms with E-state index in [9.17, 15) is 4.79 Å². The summed E-state index contributed by atoms with van der Waals surface area (Å²) in [4.78, 5) is 18.0. The van der Waals surface area contributed by atoms with Crippen LogP contribution in [0.25, 0.3) is 10.4 Å². The molecule has 0 bridgehead atoms. The molecule has 2 heterocycles. The summed E-state index contributed by atoms with van der Waals surface area (Å²) in [6.07, 6.45) is 3.48. The maximum Gasteiger partial charge on any atom is 0.265 e. The van der Waals surface area contributed by atoms with Crippen molar-refractivity contribution in [3.8, 4) is 16.2 Å². The second kappa shape index (κ2) is 6.41. The van der Waals surface area contributed by atoms with E-state index in [0.717, 1.165) is 21.9 Å². The van der Waals surface area contributed by atoms with Gasteiger partial charge in [0.15, 0.2) is 0 Å². The molecule has 0 aliphatic rings. The Morgan fingerprint density at radius 1 is 1.05 bits per heavy atom. The van der Waals surface area contributed by atoms with Gasteiger partial charge in [-0.1, -0.05) is 0 Å². The lowest BCUT2D eigenvalue weighted by molar-refractivity contribution is 0.103. The number of amides is 1. The van der Waals surface area contributed by atoms with Gasteiger partial charge in [0.25, 0.3) is 5.91 Å². The SMILES string of the molecule is COc1ccc(NC(=O)c2ccc(-c3ccncc3)s2)cc1. The molecule has 0 radical (unpaired) electrons. The lowest BCUT2D eigenvalue weighted by atomic mass is 10.2. The first kappa shape index (κ1) is 14.3. The maximum absolute atomic E-state index is 12.3. The number of carbonyl (C=O) groups is 1. The zero-order chi connectivity index (χ0) is 15.4. The highest BCUT2D eigenvalue weighted by molar-refractivity contribution is 7.17. The number of hydrogen-bond acceptors (Lipinski definition) is 4. The van der Waals surface area contributed by atoms with Gasteiger partial charge in [-0.2, -0.15) is 0 Å². The number of benzene rings is 1. The fraction of sp³-hybridized carbons (Fsp3) is 0.0588. The smallest absolute Gasteiger partial charge is 0.265 e. The summed E-state index contributed by atoms with van der Waals surface area (Å²) >= 11 is 1.46. The van der Waals surface area contributed by atoms with E-state index in [0.29, 0.717) is 4.88 Å². The number of aromatic nitrogens is 1. The van der Waals surface area contributed by atoms with Crippen molar-refractivity contribution in [1.82, 2.24) is 4.98 Å². The van der Waals surface area contributed by atoms with Gasteiger partial charge in [-0.25, -0.2) is 0 Å². The van der Waals surface area contributed by atoms with Crippen LogP contribution in [-0.2, 0) is 0 Å². The molecule has 22 heavy (non-hydrogen) atoms. The highest BCUT2D eigenvalue weighted by Gasteiger charge is 2.10. The molecule has 0 saturated carbocycles. The first-order chi connectivity index (χ1) is 10.8. The molecule has 110 valence electrons. The minimum absolute atomic E-state index is 0.115. The number of ether oxygens (including phenoxy) is 1. The Bertz CT molecular complexity index is 767. The molecule has 0 aliphatic carbocycles. The number of hydrogen-bond donors (Lipinski definition) is 1. The van der Waals surface area contributed by atoms with Crippen LogP contribution in [0.1, 0.15) is 9.67 Å². The average molecular weight is 310 g/mol. The lowest BCUT2D eigenvalue weighted by Gasteiger charge is -2.04. The van der Waals surface area contributed by atoms with Crippen molar-refractivity contribution in [2.75, 3.05) is 12.4 Å². The molecule has 0 spiro atoms. The molecule has 1 aromatic carbocycles. The van der Waals surface area contributed by atoms with Crippen LogP contribution in [-0.4, -0.2) is 18.0 Å². The molecule has 0 saturated heterocycles. The van der Waals surface area contributed by atoms with Gasteiger partial charge in [0.2, 0.25) is 0 Å². The van der Waals surface area contributed by atoms with Gasteiger partial charge in [0.1, 0.15) is 5.75 Å². The Kier molecular flexibility index (Phi) is 4.16. The largest absolute Gasteiger partial charge is 0.497 e. The van der Waals surface area contributed by atoms with E-state index >= 15 is 0 Å². The predicted octanol–water partition coefficient (Wildman–Crippen LogP) is 4.07. The van der Waals surface area contributed by atoms with Crippen LogP contribution >= 0.6 is 11.3 Å². The van der Waals surface area contributed by atoms with Crippen LogP contribution in [0, 0.1) is 0 Å². The van der Waals surface area contributed by atoms with Gasteiger partial charge in [0.05, 0.1) is 12.0 Å². The van der Waals surface area contributed by atoms with E-state index in [1.165, 1.54) is 11.3 Å². The Hall–Kier alpha value is -2.66. The van der Waals surface area contributed by atoms with E-state index in [4.69, 9.17) is 4.74 Å². The molecule has 0 unspecified atom stereocenters. The highest BCUT2D eigenvalue weighted by atomic mass is 32.1. The number of nitrogens with zero attached hydrogens (tertiary/aromatic N) is 1. The number of methoxy groups -OCH3 is 1. The standard InChI is InChI=1S/C17H14N2O2S/c1-21-14-4-2-13(3-5-14)19-17(20)16-7-6-15(22-16)12-8-10-18-11-9-12/h2-11H,1H3,(H,19,20). The summed E-state index contributed by atoms with van der Waals surface area (Å²) < 4.78 is 5.10. The molecule has 3 aromatic rings. The number of anilines is 1. The van der Waals surface area contributed by atoms with Crippen LogP contribution in [0.5, 0.6) is 5.75 Å². The van der Waals surface area contributed by atoms with Crippen molar-refractivity contribution in [1.29, 1.82) is 0 Å². The third-order valence-electron chi connectivity index (χ3n) is 3.14. The maximum atomic E-state index is 12.3. The Labute approximate surface area is 132 Å². The molecule has 3 rings (SSSR count). The van der Waals surface area contributed by atoms with Crippen LogP contribution < -0.4 is 10.1 Å². The molecular weight excluding hydrogens is 296 g/mol. The Morgan fingerprint density at radius 2 is 1.77 bits per heavy atom. The van der Waals surface area contributed by atoms with Gasteiger partial charge in [-0.05, 0) is 54.1 Å². The third kappa shape index (κ3) is 3.15. The monoisotopic (exact) mass is 310 g/mol. The average Bonchev–Trinajstić information content (AvgIpc) is 3.06. The first-order valence-corrected chi connectivity index (χ1v) is 7.53. The van der Waals surface area contributed by atoms with Gasteiger partial charge < -0.3 is 10.1 Å². The highest BCUT2D eigenvalue weighted by Crippen LogP contribution is 2.28. The minimum Gasteiger partial charge on any atom is -0.497 e. The summed E-state index contributed by atoms with van der Waals surface area (Å²) in [7, 11) is 1.61. The van der Waals surface area contributed by atoms with Crippen molar-refractivity contribution >= 4 is 22.9 Å². The van der Waals surface area contributed by atoms with Crippen molar-refractivity contribution in [2.45, 2.75) is 0 Å². The van der Waals surface area contributed by atoms with E-state index in [2.05, 4.69) is 10.3 Å². The molecule has 2 aromatic heterocycles. The molecule has 0 aliphatic heterocycles. The molecule has 1 amide bonds. The number of carbonyl (C=O) groups excluding carboxylic acids is 1. The fourth-order valence-corrected chi connectivity index (χ4v) is 2.91. The molecule has 5 heteroatoms. The summed E-state index contributed by atoms with van der Waals surface area (Å²) in [5.74, 6) is 0.643. The lowest BCUT2D eigenvalue weighted by Crippen LogP contribution is -2.09. The van der Waals surface area contributed by atoms with Crippen molar-refractivity contribution in [3.05, 3.63) is 65.8 Å². The van der Waals surface area contributed by atoms with Crippen LogP contribution in [0.2, 0.25) is 0 Å². The molecular formula is C17H14N2O2S. The van der Waals surface area contributed by atoms with Crippen LogP contribution in [0.3, 0.4) is 0 Å². The zero-order valence-corrected chi connectivity index (χ0v) is 12.8. The zero-order valence-electron chi connectivity index (χ0n) is 11.9. The second-order valence-electron chi connectivity index (χ2n) is 4.58. The first-order valence-electron chi connectivity index (χ1n) is 6.72. The van der Waals surface area contributed by atoms with Crippen molar-refractivity contribution < 1.29 is 9.53 Å². The Morgan fingerprint density at radius 3 is 2.45 bits per heavy atom. The van der Waals surface area contributed by atoms with Crippen molar-refractivity contribution in [3.63, 3.8) is 0 Å². The van der Waals surface area contributed by atoms with Crippen LogP contribution in [0.4, 0.5) is 5.69 Å². The van der Waals surface area contributed by atoms with E-state index in [-0.39, 0.29) is 5.91 Å². The van der Waals surface area contributed by atoms with Crippen LogP contribution in [0.15, 0.2) is 60.9 Å². The van der Waals surface area contributed by atoms with E-state index in [1.807, 2.05) is 48.5 Å². The molecule has 1 N–H and O–H groups in total. The quantitative estimate of drug-likeness (QED) is 0.790. The number of thiophene rings is 1. The minimum atomic E-state index is -0.115. The number of rotatable bonds is 4.